The van der Waals surface area contributed by atoms with Crippen LogP contribution >= 0.6 is 0 Å². The summed E-state index contributed by atoms with van der Waals surface area (Å²) in [6.07, 6.45) is 4.48. The van der Waals surface area contributed by atoms with Crippen molar-refractivity contribution in [3.63, 3.8) is 0 Å². The smallest absolute Gasteiger partial charge is 0.408 e. The highest BCUT2D eigenvalue weighted by Crippen LogP contribution is 2.25. The highest BCUT2D eigenvalue weighted by molar-refractivity contribution is 5.94. The molecule has 2 aliphatic heterocycles. The Morgan fingerprint density at radius 1 is 1.07 bits per heavy atom. The maximum Gasteiger partial charge on any atom is 0.408 e. The van der Waals surface area contributed by atoms with Crippen LogP contribution in [0.25, 0.3) is 0 Å². The van der Waals surface area contributed by atoms with Gasteiger partial charge >= 0.3 is 12.1 Å². The number of aryl methyl sites for hydroxylation is 1. The van der Waals surface area contributed by atoms with Crippen LogP contribution in [0.5, 0.6) is 5.75 Å². The van der Waals surface area contributed by atoms with Crippen molar-refractivity contribution in [2.75, 3.05) is 26.2 Å². The quantitative estimate of drug-likeness (QED) is 0.190. The second-order valence-corrected chi connectivity index (χ2v) is 13.5. The van der Waals surface area contributed by atoms with Crippen LogP contribution < -0.4 is 21.5 Å². The number of amidine groups is 1. The number of ether oxygens (including phenoxy) is 2. The number of hydrogen-bond donors (Lipinski definition) is 3. The number of hydrogen-bond acceptors (Lipinski definition) is 6. The van der Waals surface area contributed by atoms with Gasteiger partial charge in [-0.3, -0.25) is 9.59 Å². The van der Waals surface area contributed by atoms with E-state index in [0.717, 1.165) is 42.6 Å². The van der Waals surface area contributed by atoms with E-state index in [9.17, 15) is 19.2 Å². The molecular weight excluding hydrogens is 576 g/mol. The van der Waals surface area contributed by atoms with Gasteiger partial charge in [-0.05, 0) is 95.4 Å². The van der Waals surface area contributed by atoms with Crippen LogP contribution in [0, 0.1) is 18.8 Å². The van der Waals surface area contributed by atoms with Gasteiger partial charge in [0.25, 0.3) is 0 Å². The molecule has 2 aliphatic rings. The molecule has 0 aromatic heterocycles. The lowest BCUT2D eigenvalue weighted by molar-refractivity contribution is -0.139. The van der Waals surface area contributed by atoms with Gasteiger partial charge in [0.1, 0.15) is 29.3 Å². The first-order valence-electron chi connectivity index (χ1n) is 16.1. The molecule has 45 heavy (non-hydrogen) atoms. The maximum atomic E-state index is 13.6. The predicted molar refractivity (Wildman–Crippen MR) is 173 cm³/mol. The molecule has 0 saturated carbocycles. The largest absolute Gasteiger partial charge is 0.494 e. The van der Waals surface area contributed by atoms with Gasteiger partial charge in [-0.2, -0.15) is 4.99 Å². The number of nitrogens with two attached hydrogens (primary N) is 2. The summed E-state index contributed by atoms with van der Waals surface area (Å²) in [5.74, 6) is 0.774. The van der Waals surface area contributed by atoms with E-state index in [2.05, 4.69) is 10.3 Å². The Kier molecular flexibility index (Phi) is 12.6. The summed E-state index contributed by atoms with van der Waals surface area (Å²) in [4.78, 5) is 57.8. The van der Waals surface area contributed by atoms with Gasteiger partial charge in [0.2, 0.25) is 11.8 Å². The van der Waals surface area contributed by atoms with Gasteiger partial charge in [-0.15, -0.1) is 0 Å². The summed E-state index contributed by atoms with van der Waals surface area (Å²) in [5, 5.41) is 2.73. The number of nitrogens with one attached hydrogen (secondary N) is 1. The van der Waals surface area contributed by atoms with Gasteiger partial charge in [0, 0.05) is 32.0 Å². The zero-order chi connectivity index (χ0) is 33.3. The predicted octanol–water partition coefficient (Wildman–Crippen LogP) is 3.91. The van der Waals surface area contributed by atoms with Crippen molar-refractivity contribution in [2.45, 2.75) is 104 Å². The van der Waals surface area contributed by atoms with E-state index < -0.39 is 29.7 Å². The van der Waals surface area contributed by atoms with Crippen molar-refractivity contribution in [2.24, 2.45) is 28.3 Å². The second-order valence-electron chi connectivity index (χ2n) is 13.5. The van der Waals surface area contributed by atoms with Crippen molar-refractivity contribution >= 4 is 29.8 Å². The molecule has 250 valence electrons. The number of likely N-dealkylation sites (tertiary alicyclic amines) is 2. The summed E-state index contributed by atoms with van der Waals surface area (Å²) in [6, 6.07) is 3.84. The molecule has 12 heteroatoms. The van der Waals surface area contributed by atoms with Crippen LogP contribution in [0.3, 0.4) is 0 Å². The maximum absolute atomic E-state index is 13.6. The molecule has 0 aliphatic carbocycles. The number of piperidine rings is 1. The van der Waals surface area contributed by atoms with Crippen molar-refractivity contribution in [1.29, 1.82) is 0 Å². The third kappa shape index (κ3) is 10.9. The number of aliphatic imine (C=N–C) groups is 1. The number of benzene rings is 1. The van der Waals surface area contributed by atoms with Gasteiger partial charge < -0.3 is 36.1 Å². The van der Waals surface area contributed by atoms with Crippen molar-refractivity contribution in [3.8, 4) is 5.75 Å². The monoisotopic (exact) mass is 628 g/mol. The number of rotatable bonds is 11. The second kappa shape index (κ2) is 15.9. The number of amides is 5. The van der Waals surface area contributed by atoms with Gasteiger partial charge in [0.05, 0.1) is 6.61 Å². The molecule has 0 bridgehead atoms. The molecule has 0 spiro atoms. The fourth-order valence-electron chi connectivity index (χ4n) is 5.67. The molecule has 3 rings (SSSR count). The fourth-order valence-corrected chi connectivity index (χ4v) is 5.67. The van der Waals surface area contributed by atoms with Gasteiger partial charge in [-0.1, -0.05) is 19.9 Å². The van der Waals surface area contributed by atoms with E-state index >= 15 is 0 Å². The molecule has 2 heterocycles. The van der Waals surface area contributed by atoms with Crippen LogP contribution in [-0.4, -0.2) is 83.5 Å². The first kappa shape index (κ1) is 35.6. The molecule has 2 atom stereocenters. The van der Waals surface area contributed by atoms with Crippen molar-refractivity contribution in [1.82, 2.24) is 15.1 Å². The fraction of sp³-hybridized carbons (Fsp3) is 0.667. The van der Waals surface area contributed by atoms with E-state index in [1.165, 1.54) is 4.90 Å². The third-order valence-electron chi connectivity index (χ3n) is 8.32. The van der Waals surface area contributed by atoms with Crippen LogP contribution in [0.15, 0.2) is 23.2 Å². The number of primary amides is 1. The van der Waals surface area contributed by atoms with Crippen LogP contribution in [0.1, 0.15) is 84.3 Å². The Labute approximate surface area is 267 Å². The highest BCUT2D eigenvalue weighted by atomic mass is 16.6. The number of carbonyl (C=O) groups excluding carboxylic acids is 4. The molecule has 1 aromatic carbocycles. The molecule has 12 nitrogen and oxygen atoms in total. The summed E-state index contributed by atoms with van der Waals surface area (Å²) in [7, 11) is 0. The van der Waals surface area contributed by atoms with Crippen molar-refractivity contribution in [3.05, 3.63) is 29.3 Å². The van der Waals surface area contributed by atoms with Crippen LogP contribution in [0.4, 0.5) is 9.59 Å². The van der Waals surface area contributed by atoms with E-state index in [4.69, 9.17) is 20.9 Å². The minimum Gasteiger partial charge on any atom is -0.494 e. The average molecular weight is 629 g/mol. The molecule has 0 unspecified atom stereocenters. The highest BCUT2D eigenvalue weighted by Gasteiger charge is 2.37. The number of nitrogens with zero attached hydrogens (tertiary/aromatic N) is 3. The molecule has 2 fully saturated rings. The first-order valence-corrected chi connectivity index (χ1v) is 16.1. The molecule has 1 aromatic rings. The SMILES string of the molecule is Cc1cc(OCCCC2CCN(C(=O)N=C(N)C(C)C)CC2)ccc1C[C@H](NC(=O)OC(C)(C)C)C(=O)N1CCC[C@H]1C(N)=O. The molecular formula is C33H52N6O6. The van der Waals surface area contributed by atoms with Gasteiger partial charge in [-0.25, -0.2) is 9.59 Å². The van der Waals surface area contributed by atoms with E-state index in [1.54, 1.807) is 25.7 Å². The number of alkyl carbamates (subject to hydrolysis) is 1. The molecule has 5 N–H and O–H groups in total. The minimum absolute atomic E-state index is 0.0474. The summed E-state index contributed by atoms with van der Waals surface area (Å²) < 4.78 is 11.5. The summed E-state index contributed by atoms with van der Waals surface area (Å²) in [6.45, 7) is 13.4. The van der Waals surface area contributed by atoms with Crippen molar-refractivity contribution < 1.29 is 28.7 Å². The zero-order valence-electron chi connectivity index (χ0n) is 27.8. The Bertz CT molecular complexity index is 1230. The molecule has 0 radical (unpaired) electrons. The lowest BCUT2D eigenvalue weighted by Gasteiger charge is -2.30. The van der Waals surface area contributed by atoms with E-state index in [-0.39, 0.29) is 24.3 Å². The standard InChI is InChI=1S/C33H52N6O6/c1-21(2)28(34)37-31(42)38-16-13-23(14-17-38)9-8-18-44-25-12-11-24(22(3)19-25)20-26(36-32(43)45-33(4,5)6)30(41)39-15-7-10-27(39)29(35)40/h11-12,19,21,23,26-27H,7-10,13-18,20H2,1-6H3,(H2,35,40)(H,36,43)(H2,34,37,42)/t26-,27-/m0/s1. The normalized spacial score (nSPS) is 18.6. The zero-order valence-corrected chi connectivity index (χ0v) is 27.8. The molecule has 5 amide bonds. The lowest BCUT2D eigenvalue weighted by Crippen LogP contribution is -2.54. The minimum atomic E-state index is -0.925. The van der Waals surface area contributed by atoms with Crippen LogP contribution in [-0.2, 0) is 20.7 Å². The number of urea groups is 1. The summed E-state index contributed by atoms with van der Waals surface area (Å²) >= 11 is 0. The summed E-state index contributed by atoms with van der Waals surface area (Å²) in [5.41, 5.74) is 12.5. The molecule has 2 saturated heterocycles. The Hall–Kier alpha value is -3.83. The first-order chi connectivity index (χ1) is 21.1. The Balaban J connectivity index is 1.53. The van der Waals surface area contributed by atoms with E-state index in [1.807, 2.05) is 39.0 Å². The Morgan fingerprint density at radius 2 is 1.76 bits per heavy atom. The van der Waals surface area contributed by atoms with E-state index in [0.29, 0.717) is 50.8 Å². The average Bonchev–Trinajstić information content (AvgIpc) is 3.45. The third-order valence-corrected chi connectivity index (χ3v) is 8.32. The number of carbonyl (C=O) groups is 4. The van der Waals surface area contributed by atoms with Gasteiger partial charge in [0.15, 0.2) is 0 Å². The lowest BCUT2D eigenvalue weighted by atomic mass is 9.92. The topological polar surface area (TPSA) is 170 Å². The Morgan fingerprint density at radius 3 is 2.36 bits per heavy atom. The van der Waals surface area contributed by atoms with Crippen LogP contribution in [0.2, 0.25) is 0 Å².